The molecule has 4 rings (SSSR count). The minimum atomic E-state index is -0.219. The number of hydrogen-bond donors (Lipinski definition) is 1. The van der Waals surface area contributed by atoms with Crippen LogP contribution in [0.4, 0.5) is 0 Å². The quantitative estimate of drug-likeness (QED) is 0.832. The molecule has 2 fully saturated rings. The van der Waals surface area contributed by atoms with E-state index in [-0.39, 0.29) is 23.0 Å². The Hall–Kier alpha value is -2.57. The van der Waals surface area contributed by atoms with Gasteiger partial charge in [-0.3, -0.25) is 14.2 Å². The number of fused-ring (bicyclic) bond motifs is 1. The molecule has 0 bridgehead atoms. The van der Waals surface area contributed by atoms with E-state index >= 15 is 0 Å². The van der Waals surface area contributed by atoms with E-state index in [1.807, 2.05) is 15.9 Å². The lowest BCUT2D eigenvalue weighted by molar-refractivity contribution is -0.141. The Morgan fingerprint density at radius 3 is 2.56 bits per heavy atom. The number of imidazole rings is 1. The summed E-state index contributed by atoms with van der Waals surface area (Å²) in [4.78, 5) is 43.8. The average Bonchev–Trinajstić information content (AvgIpc) is 2.95. The van der Waals surface area contributed by atoms with Crippen LogP contribution in [-0.4, -0.2) is 56.3 Å². The SMILES string of the molecule is CC(=O)N1CCN(C(=O)c2ccc3c(c2)[nH]c(=O)n3C)CC12CCCCC2. The highest BCUT2D eigenvalue weighted by atomic mass is 16.2. The predicted molar refractivity (Wildman–Crippen MR) is 103 cm³/mol. The summed E-state index contributed by atoms with van der Waals surface area (Å²) >= 11 is 0. The van der Waals surface area contributed by atoms with E-state index in [4.69, 9.17) is 0 Å². The van der Waals surface area contributed by atoms with Crippen molar-refractivity contribution in [2.75, 3.05) is 19.6 Å². The van der Waals surface area contributed by atoms with Gasteiger partial charge in [0.05, 0.1) is 16.6 Å². The van der Waals surface area contributed by atoms with Crippen molar-refractivity contribution in [3.05, 3.63) is 34.2 Å². The lowest BCUT2D eigenvalue weighted by Gasteiger charge is -2.52. The number of aromatic amines is 1. The third-order valence-corrected chi connectivity index (χ3v) is 6.25. The monoisotopic (exact) mass is 370 g/mol. The molecule has 1 saturated carbocycles. The maximum Gasteiger partial charge on any atom is 0.326 e. The lowest BCUT2D eigenvalue weighted by atomic mass is 9.78. The molecule has 0 atom stereocenters. The molecule has 1 saturated heterocycles. The first kappa shape index (κ1) is 17.8. The van der Waals surface area contributed by atoms with E-state index in [1.165, 1.54) is 11.0 Å². The van der Waals surface area contributed by atoms with E-state index in [0.29, 0.717) is 30.7 Å². The molecule has 27 heavy (non-hydrogen) atoms. The zero-order valence-corrected chi connectivity index (χ0v) is 16.0. The van der Waals surface area contributed by atoms with Crippen LogP contribution in [0.1, 0.15) is 49.4 Å². The highest BCUT2D eigenvalue weighted by Crippen LogP contribution is 2.37. The number of piperazine rings is 1. The fourth-order valence-corrected chi connectivity index (χ4v) is 4.83. The topological polar surface area (TPSA) is 78.4 Å². The first-order chi connectivity index (χ1) is 12.9. The number of carbonyl (C=O) groups is 2. The molecular formula is C20H26N4O3. The van der Waals surface area contributed by atoms with Crippen molar-refractivity contribution in [3.63, 3.8) is 0 Å². The molecule has 7 nitrogen and oxygen atoms in total. The van der Waals surface area contributed by atoms with Gasteiger partial charge in [0.2, 0.25) is 5.91 Å². The standard InChI is InChI=1S/C20H26N4O3/c1-14(25)24-11-10-23(13-20(24)8-4-3-5-9-20)18(26)15-6-7-17-16(12-15)21-19(27)22(17)2/h6-7,12H,3-5,8-11,13H2,1-2H3,(H,21,27). The number of rotatable bonds is 1. The van der Waals surface area contributed by atoms with Gasteiger partial charge < -0.3 is 14.8 Å². The number of amides is 2. The molecule has 0 radical (unpaired) electrons. The summed E-state index contributed by atoms with van der Waals surface area (Å²) < 4.78 is 1.53. The summed E-state index contributed by atoms with van der Waals surface area (Å²) in [5.41, 5.74) is 1.62. The highest BCUT2D eigenvalue weighted by Gasteiger charge is 2.44. The van der Waals surface area contributed by atoms with Crippen LogP contribution in [0.3, 0.4) is 0 Å². The van der Waals surface area contributed by atoms with Crippen LogP contribution in [-0.2, 0) is 11.8 Å². The summed E-state index contributed by atoms with van der Waals surface area (Å²) in [7, 11) is 1.70. The summed E-state index contributed by atoms with van der Waals surface area (Å²) in [5.74, 6) is 0.0713. The van der Waals surface area contributed by atoms with Crippen LogP contribution < -0.4 is 5.69 Å². The van der Waals surface area contributed by atoms with E-state index in [1.54, 1.807) is 26.1 Å². The highest BCUT2D eigenvalue weighted by molar-refractivity contribution is 5.97. The maximum absolute atomic E-state index is 13.2. The Morgan fingerprint density at radius 1 is 1.11 bits per heavy atom. The number of hydrogen-bond acceptors (Lipinski definition) is 3. The third kappa shape index (κ3) is 2.95. The van der Waals surface area contributed by atoms with Gasteiger partial charge in [-0.15, -0.1) is 0 Å². The van der Waals surface area contributed by atoms with Crippen LogP contribution in [0.2, 0.25) is 0 Å². The van der Waals surface area contributed by atoms with Crippen LogP contribution in [0.25, 0.3) is 11.0 Å². The van der Waals surface area contributed by atoms with Gasteiger partial charge in [-0.05, 0) is 31.0 Å². The van der Waals surface area contributed by atoms with Crippen molar-refractivity contribution < 1.29 is 9.59 Å². The Morgan fingerprint density at radius 2 is 1.85 bits per heavy atom. The molecule has 1 aliphatic carbocycles. The molecule has 2 aliphatic rings. The number of carbonyl (C=O) groups excluding carboxylic acids is 2. The molecule has 1 aromatic heterocycles. The Balaban J connectivity index is 1.62. The van der Waals surface area contributed by atoms with Crippen molar-refractivity contribution >= 4 is 22.8 Å². The Bertz CT molecular complexity index is 952. The first-order valence-electron chi connectivity index (χ1n) is 9.67. The van der Waals surface area contributed by atoms with Gasteiger partial charge >= 0.3 is 5.69 Å². The van der Waals surface area contributed by atoms with Crippen molar-refractivity contribution in [1.29, 1.82) is 0 Å². The number of aryl methyl sites for hydroxylation is 1. The zero-order valence-electron chi connectivity index (χ0n) is 16.0. The van der Waals surface area contributed by atoms with Gasteiger partial charge in [-0.1, -0.05) is 19.3 Å². The Kier molecular flexibility index (Phi) is 4.32. The Labute approximate surface area is 157 Å². The summed E-state index contributed by atoms with van der Waals surface area (Å²) in [6.07, 6.45) is 5.31. The summed E-state index contributed by atoms with van der Waals surface area (Å²) in [5, 5.41) is 0. The van der Waals surface area contributed by atoms with E-state index in [0.717, 1.165) is 31.2 Å². The van der Waals surface area contributed by atoms with Gasteiger partial charge in [0.15, 0.2) is 0 Å². The van der Waals surface area contributed by atoms with Crippen molar-refractivity contribution in [2.45, 2.75) is 44.6 Å². The maximum atomic E-state index is 13.2. The molecule has 1 spiro atoms. The summed E-state index contributed by atoms with van der Waals surface area (Å²) in [6, 6.07) is 5.34. The molecule has 1 aromatic carbocycles. The number of nitrogens with zero attached hydrogens (tertiary/aromatic N) is 3. The van der Waals surface area contributed by atoms with E-state index in [2.05, 4.69) is 4.98 Å². The van der Waals surface area contributed by atoms with E-state index < -0.39 is 0 Å². The number of aromatic nitrogens is 2. The van der Waals surface area contributed by atoms with Crippen molar-refractivity contribution in [1.82, 2.24) is 19.4 Å². The first-order valence-corrected chi connectivity index (χ1v) is 9.67. The van der Waals surface area contributed by atoms with Gasteiger partial charge in [0.25, 0.3) is 5.91 Å². The van der Waals surface area contributed by atoms with Gasteiger partial charge in [-0.2, -0.15) is 0 Å². The lowest BCUT2D eigenvalue weighted by Crippen LogP contribution is -2.65. The minimum absolute atomic E-state index is 0.0326. The molecule has 2 amide bonds. The second-order valence-electron chi connectivity index (χ2n) is 7.90. The molecule has 2 heterocycles. The summed E-state index contributed by atoms with van der Waals surface area (Å²) in [6.45, 7) is 3.36. The third-order valence-electron chi connectivity index (χ3n) is 6.25. The fraction of sp³-hybridized carbons (Fsp3) is 0.550. The van der Waals surface area contributed by atoms with Crippen molar-refractivity contribution in [2.24, 2.45) is 7.05 Å². The number of benzene rings is 1. The minimum Gasteiger partial charge on any atom is -0.335 e. The largest absolute Gasteiger partial charge is 0.335 e. The average molecular weight is 370 g/mol. The zero-order chi connectivity index (χ0) is 19.2. The van der Waals surface area contributed by atoms with E-state index in [9.17, 15) is 14.4 Å². The fourth-order valence-electron chi connectivity index (χ4n) is 4.83. The molecular weight excluding hydrogens is 344 g/mol. The van der Waals surface area contributed by atoms with Crippen LogP contribution >= 0.6 is 0 Å². The second kappa shape index (κ2) is 6.55. The molecule has 2 aromatic rings. The molecule has 0 unspecified atom stereocenters. The van der Waals surface area contributed by atoms with Crippen LogP contribution in [0.5, 0.6) is 0 Å². The van der Waals surface area contributed by atoms with Gasteiger partial charge in [0.1, 0.15) is 0 Å². The molecule has 1 aliphatic heterocycles. The van der Waals surface area contributed by atoms with Crippen molar-refractivity contribution in [3.8, 4) is 0 Å². The second-order valence-corrected chi connectivity index (χ2v) is 7.90. The van der Waals surface area contributed by atoms with Gasteiger partial charge in [-0.25, -0.2) is 4.79 Å². The molecule has 1 N–H and O–H groups in total. The van der Waals surface area contributed by atoms with Crippen LogP contribution in [0.15, 0.2) is 23.0 Å². The number of H-pyrrole nitrogens is 1. The van der Waals surface area contributed by atoms with Crippen LogP contribution in [0, 0.1) is 0 Å². The molecule has 7 heteroatoms. The molecule has 144 valence electrons. The predicted octanol–water partition coefficient (Wildman–Crippen LogP) is 1.87. The normalized spacial score (nSPS) is 19.6. The smallest absolute Gasteiger partial charge is 0.326 e. The number of nitrogens with one attached hydrogen (secondary N) is 1. The van der Waals surface area contributed by atoms with Gasteiger partial charge in [0, 0.05) is 39.2 Å².